The first-order chi connectivity index (χ1) is 9.11. The van der Waals surface area contributed by atoms with Gasteiger partial charge in [-0.2, -0.15) is 17.5 Å². The van der Waals surface area contributed by atoms with E-state index in [2.05, 4.69) is 4.98 Å². The van der Waals surface area contributed by atoms with Crippen LogP contribution in [-0.4, -0.2) is 37.5 Å². The van der Waals surface area contributed by atoms with Crippen molar-refractivity contribution in [3.8, 4) is 0 Å². The molecule has 2 aromatic rings. The first kappa shape index (κ1) is 14.7. The van der Waals surface area contributed by atoms with Gasteiger partial charge in [0.25, 0.3) is 0 Å². The van der Waals surface area contributed by atoms with Gasteiger partial charge in [0.1, 0.15) is 11.4 Å². The third-order valence-corrected chi connectivity index (χ3v) is 4.60. The number of sulfonamides is 1. The molecule has 2 rings (SSSR count). The number of aromatic amines is 1. The Hall–Kier alpha value is -1.74. The molecular weight excluding hydrogens is 295 g/mol. The van der Waals surface area contributed by atoms with Gasteiger partial charge in [0.15, 0.2) is 0 Å². The van der Waals surface area contributed by atoms with E-state index in [1.54, 1.807) is 0 Å². The summed E-state index contributed by atoms with van der Waals surface area (Å²) in [7, 11) is -3.34. The SMILES string of the molecule is CN(CC(F)(F)F)S(=O)(=O)c1c[nH]c2cc(N)ccc12. The van der Waals surface area contributed by atoms with E-state index in [1.807, 2.05) is 0 Å². The predicted molar refractivity (Wildman–Crippen MR) is 68.6 cm³/mol. The molecule has 0 spiro atoms. The number of halogens is 3. The number of nitrogens with one attached hydrogen (secondary N) is 1. The fraction of sp³-hybridized carbons (Fsp3) is 0.273. The Morgan fingerprint density at radius 1 is 1.35 bits per heavy atom. The molecule has 9 heteroatoms. The van der Waals surface area contributed by atoms with Crippen molar-refractivity contribution in [1.29, 1.82) is 0 Å². The second-order valence-electron chi connectivity index (χ2n) is 4.33. The van der Waals surface area contributed by atoms with Crippen molar-refractivity contribution in [2.24, 2.45) is 0 Å². The molecule has 20 heavy (non-hydrogen) atoms. The summed E-state index contributed by atoms with van der Waals surface area (Å²) in [5, 5.41) is 0.299. The molecule has 1 aromatic heterocycles. The molecule has 110 valence electrons. The van der Waals surface area contributed by atoms with Crippen LogP contribution in [0.1, 0.15) is 0 Å². The molecule has 1 heterocycles. The van der Waals surface area contributed by atoms with Crippen LogP contribution in [0.4, 0.5) is 18.9 Å². The minimum atomic E-state index is -4.60. The maximum Gasteiger partial charge on any atom is 0.402 e. The molecule has 0 saturated heterocycles. The number of aromatic nitrogens is 1. The lowest BCUT2D eigenvalue weighted by molar-refractivity contribution is -0.134. The van der Waals surface area contributed by atoms with Gasteiger partial charge in [0.05, 0.1) is 0 Å². The highest BCUT2D eigenvalue weighted by Crippen LogP contribution is 2.28. The zero-order chi connectivity index (χ0) is 15.1. The van der Waals surface area contributed by atoms with Crippen LogP contribution in [0.25, 0.3) is 10.9 Å². The van der Waals surface area contributed by atoms with Gasteiger partial charge in [-0.3, -0.25) is 0 Å². The van der Waals surface area contributed by atoms with E-state index in [0.717, 1.165) is 13.2 Å². The Bertz CT molecular complexity index is 737. The van der Waals surface area contributed by atoms with E-state index in [4.69, 9.17) is 5.73 Å². The third-order valence-electron chi connectivity index (χ3n) is 2.76. The van der Waals surface area contributed by atoms with Gasteiger partial charge in [-0.25, -0.2) is 8.42 Å². The first-order valence-corrected chi connectivity index (χ1v) is 6.95. The summed E-state index contributed by atoms with van der Waals surface area (Å²) in [5.41, 5.74) is 6.43. The van der Waals surface area contributed by atoms with E-state index in [0.29, 0.717) is 16.6 Å². The smallest absolute Gasteiger partial charge is 0.399 e. The fourth-order valence-electron chi connectivity index (χ4n) is 1.84. The average Bonchev–Trinajstić information content (AvgIpc) is 2.69. The van der Waals surface area contributed by atoms with Crippen LogP contribution in [0, 0.1) is 0 Å². The van der Waals surface area contributed by atoms with Crippen molar-refractivity contribution in [2.75, 3.05) is 19.3 Å². The Morgan fingerprint density at radius 3 is 2.60 bits per heavy atom. The molecule has 0 unspecified atom stereocenters. The van der Waals surface area contributed by atoms with Gasteiger partial charge in [0.2, 0.25) is 10.0 Å². The molecule has 0 aliphatic rings. The summed E-state index contributed by atoms with van der Waals surface area (Å²) in [5.74, 6) is 0. The topological polar surface area (TPSA) is 79.2 Å². The minimum absolute atomic E-state index is 0.209. The fourth-order valence-corrected chi connectivity index (χ4v) is 3.15. The number of H-pyrrole nitrogens is 1. The van der Waals surface area contributed by atoms with E-state index in [9.17, 15) is 21.6 Å². The van der Waals surface area contributed by atoms with Crippen LogP contribution < -0.4 is 5.73 Å². The minimum Gasteiger partial charge on any atom is -0.399 e. The number of nitrogen functional groups attached to an aromatic ring is 1. The summed E-state index contributed by atoms with van der Waals surface area (Å²) < 4.78 is 61.5. The summed E-state index contributed by atoms with van der Waals surface area (Å²) >= 11 is 0. The Balaban J connectivity index is 2.47. The molecule has 0 aliphatic carbocycles. The number of benzene rings is 1. The zero-order valence-corrected chi connectivity index (χ0v) is 11.2. The van der Waals surface area contributed by atoms with Gasteiger partial charge in [-0.1, -0.05) is 0 Å². The monoisotopic (exact) mass is 307 g/mol. The highest BCUT2D eigenvalue weighted by atomic mass is 32.2. The molecule has 0 bridgehead atoms. The number of alkyl halides is 3. The van der Waals surface area contributed by atoms with E-state index in [-0.39, 0.29) is 9.20 Å². The maximum absolute atomic E-state index is 12.3. The zero-order valence-electron chi connectivity index (χ0n) is 10.4. The van der Waals surface area contributed by atoms with E-state index < -0.39 is 22.7 Å². The highest BCUT2D eigenvalue weighted by Gasteiger charge is 2.35. The molecule has 0 radical (unpaired) electrons. The van der Waals surface area contributed by atoms with Gasteiger partial charge in [0, 0.05) is 29.8 Å². The van der Waals surface area contributed by atoms with Crippen LogP contribution in [-0.2, 0) is 10.0 Å². The predicted octanol–water partition coefficient (Wildman–Crippen LogP) is 1.93. The van der Waals surface area contributed by atoms with Gasteiger partial charge in [-0.15, -0.1) is 0 Å². The normalized spacial score (nSPS) is 13.2. The summed E-state index contributed by atoms with van der Waals surface area (Å²) in [6.07, 6.45) is -3.44. The summed E-state index contributed by atoms with van der Waals surface area (Å²) in [6, 6.07) is 4.45. The van der Waals surface area contributed by atoms with E-state index in [1.165, 1.54) is 18.2 Å². The number of hydrogen-bond acceptors (Lipinski definition) is 3. The molecule has 0 aliphatic heterocycles. The maximum atomic E-state index is 12.3. The van der Waals surface area contributed by atoms with Crippen molar-refractivity contribution in [3.63, 3.8) is 0 Å². The summed E-state index contributed by atoms with van der Waals surface area (Å²) in [6.45, 7) is -1.54. The van der Waals surface area contributed by atoms with Crippen LogP contribution in [0.2, 0.25) is 0 Å². The van der Waals surface area contributed by atoms with Gasteiger partial charge >= 0.3 is 6.18 Å². The van der Waals surface area contributed by atoms with Crippen LogP contribution in [0.5, 0.6) is 0 Å². The lowest BCUT2D eigenvalue weighted by Crippen LogP contribution is -2.35. The molecule has 3 N–H and O–H groups in total. The number of hydrogen-bond donors (Lipinski definition) is 2. The number of fused-ring (bicyclic) bond motifs is 1. The highest BCUT2D eigenvalue weighted by molar-refractivity contribution is 7.89. The van der Waals surface area contributed by atoms with Crippen molar-refractivity contribution >= 4 is 26.6 Å². The molecule has 0 amide bonds. The number of nitrogens with two attached hydrogens (primary N) is 1. The van der Waals surface area contributed by atoms with E-state index >= 15 is 0 Å². The lowest BCUT2D eigenvalue weighted by atomic mass is 10.2. The molecule has 1 aromatic carbocycles. The third kappa shape index (κ3) is 2.73. The van der Waals surface area contributed by atoms with Crippen molar-refractivity contribution < 1.29 is 21.6 Å². The molecular formula is C11H12F3N3O2S. The van der Waals surface area contributed by atoms with Gasteiger partial charge < -0.3 is 10.7 Å². The standard InChI is InChI=1S/C11H12F3N3O2S/c1-17(6-11(12,13)14)20(18,19)10-5-16-9-4-7(15)2-3-8(9)10/h2-5,16H,6,15H2,1H3. The van der Waals surface area contributed by atoms with Gasteiger partial charge in [-0.05, 0) is 18.2 Å². The average molecular weight is 307 g/mol. The van der Waals surface area contributed by atoms with Crippen LogP contribution >= 0.6 is 0 Å². The van der Waals surface area contributed by atoms with Crippen molar-refractivity contribution in [2.45, 2.75) is 11.1 Å². The Labute approximate surface area is 113 Å². The van der Waals surface area contributed by atoms with Crippen molar-refractivity contribution in [3.05, 3.63) is 24.4 Å². The molecule has 0 fully saturated rings. The Kier molecular flexibility index (Phi) is 3.42. The lowest BCUT2D eigenvalue weighted by Gasteiger charge is -2.18. The second kappa shape index (κ2) is 4.67. The summed E-state index contributed by atoms with van der Waals surface area (Å²) in [4.78, 5) is 2.48. The van der Waals surface area contributed by atoms with Crippen LogP contribution in [0.3, 0.4) is 0 Å². The molecule has 0 atom stereocenters. The number of rotatable bonds is 3. The Morgan fingerprint density at radius 2 is 2.00 bits per heavy atom. The first-order valence-electron chi connectivity index (χ1n) is 5.51. The molecule has 0 saturated carbocycles. The van der Waals surface area contributed by atoms with Crippen LogP contribution in [0.15, 0.2) is 29.3 Å². The number of anilines is 1. The second-order valence-corrected chi connectivity index (χ2v) is 6.35. The largest absolute Gasteiger partial charge is 0.402 e. The quantitative estimate of drug-likeness (QED) is 0.850. The molecule has 5 nitrogen and oxygen atoms in total. The number of nitrogens with zero attached hydrogens (tertiary/aromatic N) is 1. The van der Waals surface area contributed by atoms with Crippen molar-refractivity contribution in [1.82, 2.24) is 9.29 Å².